The van der Waals surface area contributed by atoms with Gasteiger partial charge in [-0.2, -0.15) is 0 Å². The molecule has 0 amide bonds. The van der Waals surface area contributed by atoms with Crippen molar-refractivity contribution in [3.63, 3.8) is 0 Å². The molecule has 0 unspecified atom stereocenters. The second-order valence-electron chi connectivity index (χ2n) is 3.04. The summed E-state index contributed by atoms with van der Waals surface area (Å²) in [7, 11) is 0. The number of aliphatic imine (C=N–C) groups is 1. The molecule has 1 heterocycles. The highest BCUT2D eigenvalue weighted by Crippen LogP contribution is 2.23. The highest BCUT2D eigenvalue weighted by atomic mass is 32.2. The van der Waals surface area contributed by atoms with E-state index in [1.165, 1.54) is 0 Å². The van der Waals surface area contributed by atoms with Gasteiger partial charge in [0.05, 0.1) is 6.54 Å². The summed E-state index contributed by atoms with van der Waals surface area (Å²) >= 11 is 1.65. The fourth-order valence-corrected chi connectivity index (χ4v) is 2.11. The predicted octanol–water partition coefficient (Wildman–Crippen LogP) is 1.93. The number of amidine groups is 1. The Morgan fingerprint density at radius 1 is 1.36 bits per heavy atom. The van der Waals surface area contributed by atoms with Crippen molar-refractivity contribution in [2.75, 3.05) is 24.2 Å². The molecule has 1 N–H and O–H groups in total. The molecule has 74 valence electrons. The van der Waals surface area contributed by atoms with Crippen molar-refractivity contribution in [1.29, 1.82) is 0 Å². The smallest absolute Gasteiger partial charge is 0.163 e. The highest BCUT2D eigenvalue weighted by molar-refractivity contribution is 8.13. The van der Waals surface area contributed by atoms with E-state index in [0.717, 1.165) is 23.9 Å². The number of aromatic hydroxyl groups is 1. The zero-order valence-corrected chi connectivity index (χ0v) is 8.79. The molecular weight excluding hydrogens is 196 g/mol. The van der Waals surface area contributed by atoms with E-state index in [-0.39, 0.29) is 0 Å². The molecule has 1 aliphatic rings. The lowest BCUT2D eigenvalue weighted by molar-refractivity contribution is 0.475. The van der Waals surface area contributed by atoms with Crippen LogP contribution in [0.1, 0.15) is 0 Å². The van der Waals surface area contributed by atoms with Gasteiger partial charge in [0.15, 0.2) is 5.17 Å². The maximum Gasteiger partial charge on any atom is 0.163 e. The third-order valence-corrected chi connectivity index (χ3v) is 2.86. The Labute approximate surface area is 87.5 Å². The lowest BCUT2D eigenvalue weighted by Crippen LogP contribution is -2.24. The number of phenolic OH excluding ortho intramolecular Hbond substituents is 1. The van der Waals surface area contributed by atoms with E-state index >= 15 is 0 Å². The number of thioether (sulfide) groups is 1. The second-order valence-corrected chi connectivity index (χ2v) is 3.81. The molecule has 0 radical (unpaired) electrons. The minimum Gasteiger partial charge on any atom is -0.508 e. The summed E-state index contributed by atoms with van der Waals surface area (Å²) < 4.78 is 0. The van der Waals surface area contributed by atoms with E-state index in [1.807, 2.05) is 18.4 Å². The van der Waals surface area contributed by atoms with Crippen LogP contribution in [-0.2, 0) is 0 Å². The summed E-state index contributed by atoms with van der Waals surface area (Å²) in [6, 6.07) is 7.22. The molecule has 0 atom stereocenters. The molecule has 0 spiro atoms. The molecule has 0 saturated carbocycles. The number of nitrogens with zero attached hydrogens (tertiary/aromatic N) is 2. The van der Waals surface area contributed by atoms with Crippen molar-refractivity contribution in [3.8, 4) is 5.75 Å². The third-order valence-electron chi connectivity index (χ3n) is 2.15. The number of benzene rings is 1. The van der Waals surface area contributed by atoms with Crippen molar-refractivity contribution in [2.24, 2.45) is 4.99 Å². The zero-order valence-electron chi connectivity index (χ0n) is 7.97. The van der Waals surface area contributed by atoms with E-state index in [9.17, 15) is 0 Å². The van der Waals surface area contributed by atoms with E-state index in [4.69, 9.17) is 5.11 Å². The van der Waals surface area contributed by atoms with Gasteiger partial charge >= 0.3 is 0 Å². The van der Waals surface area contributed by atoms with Crippen molar-refractivity contribution in [1.82, 2.24) is 0 Å². The number of anilines is 1. The Morgan fingerprint density at radius 3 is 2.71 bits per heavy atom. The first-order chi connectivity index (χ1) is 6.81. The maximum absolute atomic E-state index is 9.17. The van der Waals surface area contributed by atoms with E-state index in [0.29, 0.717) is 5.75 Å². The van der Waals surface area contributed by atoms with E-state index in [1.54, 1.807) is 23.9 Å². The van der Waals surface area contributed by atoms with Crippen molar-refractivity contribution < 1.29 is 5.11 Å². The number of rotatable bonds is 1. The number of hydrogen-bond donors (Lipinski definition) is 1. The van der Waals surface area contributed by atoms with Crippen LogP contribution in [0.25, 0.3) is 0 Å². The molecule has 14 heavy (non-hydrogen) atoms. The van der Waals surface area contributed by atoms with Crippen molar-refractivity contribution in [2.45, 2.75) is 0 Å². The Morgan fingerprint density at radius 2 is 2.07 bits per heavy atom. The number of hydrogen-bond acceptors (Lipinski definition) is 4. The molecule has 3 nitrogen and oxygen atoms in total. The van der Waals surface area contributed by atoms with Gasteiger partial charge in [-0.05, 0) is 30.5 Å². The van der Waals surface area contributed by atoms with Crippen molar-refractivity contribution in [3.05, 3.63) is 24.3 Å². The summed E-state index contributed by atoms with van der Waals surface area (Å²) in [5.41, 5.74) is 1.09. The van der Waals surface area contributed by atoms with Gasteiger partial charge < -0.3 is 10.0 Å². The number of phenols is 1. The lowest BCUT2D eigenvalue weighted by atomic mass is 10.3. The zero-order chi connectivity index (χ0) is 9.97. The standard InChI is InChI=1S/C10H12N2OS/c1-14-10-11-6-7-12(10)8-2-4-9(13)5-3-8/h2-5,13H,6-7H2,1H3. The van der Waals surface area contributed by atoms with Crippen LogP contribution in [0.4, 0.5) is 5.69 Å². The molecule has 4 heteroatoms. The molecule has 1 aromatic carbocycles. The monoisotopic (exact) mass is 208 g/mol. The molecule has 1 aromatic rings. The predicted molar refractivity (Wildman–Crippen MR) is 61.3 cm³/mol. The van der Waals surface area contributed by atoms with E-state index in [2.05, 4.69) is 9.89 Å². The highest BCUT2D eigenvalue weighted by Gasteiger charge is 2.17. The maximum atomic E-state index is 9.17. The Hall–Kier alpha value is -1.16. The van der Waals surface area contributed by atoms with Crippen LogP contribution in [0.3, 0.4) is 0 Å². The minimum atomic E-state index is 0.301. The van der Waals surface area contributed by atoms with Gasteiger partial charge in [0, 0.05) is 12.2 Å². The van der Waals surface area contributed by atoms with Crippen LogP contribution in [0, 0.1) is 0 Å². The summed E-state index contributed by atoms with van der Waals surface area (Å²) in [6.07, 6.45) is 2.03. The van der Waals surface area contributed by atoms with Crippen LogP contribution in [0.2, 0.25) is 0 Å². The summed E-state index contributed by atoms with van der Waals surface area (Å²) in [4.78, 5) is 6.53. The fourth-order valence-electron chi connectivity index (χ4n) is 1.47. The van der Waals surface area contributed by atoms with Crippen molar-refractivity contribution >= 4 is 22.6 Å². The Balaban J connectivity index is 2.23. The van der Waals surface area contributed by atoms with Crippen LogP contribution < -0.4 is 4.90 Å². The minimum absolute atomic E-state index is 0.301. The van der Waals surface area contributed by atoms with Gasteiger partial charge in [0.2, 0.25) is 0 Å². The first kappa shape index (κ1) is 9.40. The van der Waals surface area contributed by atoms with Gasteiger partial charge in [0.1, 0.15) is 5.75 Å². The first-order valence-corrected chi connectivity index (χ1v) is 5.69. The van der Waals surface area contributed by atoms with Gasteiger partial charge in [0.25, 0.3) is 0 Å². The molecule has 1 aliphatic heterocycles. The van der Waals surface area contributed by atoms with Gasteiger partial charge in [-0.3, -0.25) is 4.99 Å². The molecule has 0 aliphatic carbocycles. The Kier molecular flexibility index (Phi) is 2.63. The van der Waals surface area contributed by atoms with Crippen LogP contribution in [0.5, 0.6) is 5.75 Å². The average molecular weight is 208 g/mol. The molecule has 0 saturated heterocycles. The largest absolute Gasteiger partial charge is 0.508 e. The van der Waals surface area contributed by atoms with Gasteiger partial charge in [-0.15, -0.1) is 0 Å². The van der Waals surface area contributed by atoms with Gasteiger partial charge in [-0.25, -0.2) is 0 Å². The van der Waals surface area contributed by atoms with Crippen LogP contribution in [-0.4, -0.2) is 29.6 Å². The Bertz CT molecular complexity index is 348. The summed E-state index contributed by atoms with van der Waals surface area (Å²) in [5, 5.41) is 10.2. The SMILES string of the molecule is CSC1=NCCN1c1ccc(O)cc1. The fraction of sp³-hybridized carbons (Fsp3) is 0.300. The molecule has 0 bridgehead atoms. The molecule has 2 rings (SSSR count). The second kappa shape index (κ2) is 3.92. The van der Waals surface area contributed by atoms with E-state index < -0.39 is 0 Å². The molecule has 0 fully saturated rings. The summed E-state index contributed by atoms with van der Waals surface area (Å²) in [5.74, 6) is 0.301. The summed E-state index contributed by atoms with van der Waals surface area (Å²) in [6.45, 7) is 1.79. The topological polar surface area (TPSA) is 35.8 Å². The molecule has 0 aromatic heterocycles. The van der Waals surface area contributed by atoms with Gasteiger partial charge in [-0.1, -0.05) is 11.8 Å². The third kappa shape index (κ3) is 1.70. The molecular formula is C10H12N2OS. The lowest BCUT2D eigenvalue weighted by Gasteiger charge is -2.18. The van der Waals surface area contributed by atoms with Crippen LogP contribution >= 0.6 is 11.8 Å². The van der Waals surface area contributed by atoms with Crippen LogP contribution in [0.15, 0.2) is 29.3 Å². The normalized spacial score (nSPS) is 15.8. The quantitative estimate of drug-likeness (QED) is 0.766. The first-order valence-electron chi connectivity index (χ1n) is 4.46. The average Bonchev–Trinajstić information content (AvgIpc) is 2.67.